The molecule has 5 nitrogen and oxygen atoms in total. The van der Waals surface area contributed by atoms with E-state index in [1.54, 1.807) is 0 Å². The fourth-order valence-corrected chi connectivity index (χ4v) is 1.21. The number of nitrogens with one attached hydrogen (secondary N) is 1. The number of carbonyl (C=O) groups excluding carboxylic acids is 1. The third-order valence-corrected chi connectivity index (χ3v) is 2.10. The van der Waals surface area contributed by atoms with E-state index in [-0.39, 0.29) is 31.9 Å². The second-order valence-electron chi connectivity index (χ2n) is 3.47. The van der Waals surface area contributed by atoms with Crippen LogP contribution in [0, 0.1) is 17.1 Å². The van der Waals surface area contributed by atoms with Crippen LogP contribution in [0.2, 0.25) is 0 Å². The van der Waals surface area contributed by atoms with Gasteiger partial charge in [-0.25, -0.2) is 4.39 Å². The molecule has 0 saturated carbocycles. The summed E-state index contributed by atoms with van der Waals surface area (Å²) in [6.45, 7) is -0.336. The van der Waals surface area contributed by atoms with Crippen LogP contribution in [0.5, 0.6) is 5.75 Å². The number of benzene rings is 1. The predicted octanol–water partition coefficient (Wildman–Crippen LogP) is 0.727. The summed E-state index contributed by atoms with van der Waals surface area (Å²) in [6, 6.07) is 5.88. The van der Waals surface area contributed by atoms with E-state index in [4.69, 9.17) is 15.1 Å². The fourth-order valence-electron chi connectivity index (χ4n) is 1.21. The number of aliphatic hydroxyl groups is 1. The van der Waals surface area contributed by atoms with Gasteiger partial charge in [0.25, 0.3) is 5.91 Å². The van der Waals surface area contributed by atoms with Gasteiger partial charge >= 0.3 is 0 Å². The average molecular weight is 252 g/mol. The number of nitriles is 1. The van der Waals surface area contributed by atoms with E-state index in [1.165, 1.54) is 12.1 Å². The molecule has 1 aromatic rings. The lowest BCUT2D eigenvalue weighted by Crippen LogP contribution is -2.29. The number of aliphatic hydroxyl groups excluding tert-OH is 1. The molecule has 0 aliphatic heterocycles. The van der Waals surface area contributed by atoms with Crippen LogP contribution in [0.4, 0.5) is 4.39 Å². The van der Waals surface area contributed by atoms with Crippen LogP contribution in [0.15, 0.2) is 18.2 Å². The molecule has 0 heterocycles. The van der Waals surface area contributed by atoms with Gasteiger partial charge in [0.2, 0.25) is 0 Å². The van der Waals surface area contributed by atoms with Crippen LogP contribution < -0.4 is 10.1 Å². The summed E-state index contributed by atoms with van der Waals surface area (Å²) in [4.78, 5) is 11.2. The number of halogens is 1. The lowest BCUT2D eigenvalue weighted by molar-refractivity contribution is -0.123. The summed E-state index contributed by atoms with van der Waals surface area (Å²) in [6.07, 6.45) is 0.214. The lowest BCUT2D eigenvalue weighted by atomic mass is 10.2. The van der Waals surface area contributed by atoms with Gasteiger partial charge in [-0.05, 0) is 17.7 Å². The van der Waals surface area contributed by atoms with Crippen molar-refractivity contribution in [1.29, 1.82) is 5.26 Å². The monoisotopic (exact) mass is 252 g/mol. The second kappa shape index (κ2) is 7.25. The fraction of sp³-hybridized carbons (Fsp3) is 0.333. The number of ether oxygens (including phenoxy) is 1. The SMILES string of the molecule is N#CCCNC(=O)COc1ccc(CO)cc1F. The van der Waals surface area contributed by atoms with Gasteiger partial charge in [-0.3, -0.25) is 4.79 Å². The molecular weight excluding hydrogens is 239 g/mol. The molecule has 1 rings (SSSR count). The third kappa shape index (κ3) is 4.39. The van der Waals surface area contributed by atoms with Crippen LogP contribution >= 0.6 is 0 Å². The van der Waals surface area contributed by atoms with Crippen molar-refractivity contribution in [1.82, 2.24) is 5.32 Å². The smallest absolute Gasteiger partial charge is 0.257 e. The summed E-state index contributed by atoms with van der Waals surface area (Å²) in [5.41, 5.74) is 0.429. The van der Waals surface area contributed by atoms with Crippen molar-refractivity contribution < 1.29 is 19.0 Å². The molecule has 1 amide bonds. The van der Waals surface area contributed by atoms with Gasteiger partial charge in [0.05, 0.1) is 19.1 Å². The highest BCUT2D eigenvalue weighted by Crippen LogP contribution is 2.18. The Bertz CT molecular complexity index is 457. The van der Waals surface area contributed by atoms with E-state index in [9.17, 15) is 9.18 Å². The first kappa shape index (κ1) is 13.9. The van der Waals surface area contributed by atoms with Gasteiger partial charge in [0, 0.05) is 6.54 Å². The zero-order valence-corrected chi connectivity index (χ0v) is 9.65. The Kier molecular flexibility index (Phi) is 5.61. The van der Waals surface area contributed by atoms with E-state index in [2.05, 4.69) is 5.32 Å². The van der Waals surface area contributed by atoms with Gasteiger partial charge in [0.15, 0.2) is 18.2 Å². The normalized spacial score (nSPS) is 9.61. The molecule has 0 spiro atoms. The van der Waals surface area contributed by atoms with Crippen LogP contribution in [0.1, 0.15) is 12.0 Å². The maximum atomic E-state index is 13.4. The molecule has 1 aromatic carbocycles. The second-order valence-corrected chi connectivity index (χ2v) is 3.47. The van der Waals surface area contributed by atoms with E-state index in [0.29, 0.717) is 5.56 Å². The highest BCUT2D eigenvalue weighted by molar-refractivity contribution is 5.77. The highest BCUT2D eigenvalue weighted by atomic mass is 19.1. The minimum Gasteiger partial charge on any atom is -0.481 e. The molecule has 0 fully saturated rings. The predicted molar refractivity (Wildman–Crippen MR) is 61.1 cm³/mol. The summed E-state index contributed by atoms with van der Waals surface area (Å²) >= 11 is 0. The van der Waals surface area contributed by atoms with Crippen LogP contribution in [-0.4, -0.2) is 24.2 Å². The van der Waals surface area contributed by atoms with E-state index >= 15 is 0 Å². The Morgan fingerprint density at radius 2 is 2.33 bits per heavy atom. The molecule has 0 aromatic heterocycles. The number of rotatable bonds is 6. The number of amides is 1. The molecule has 0 radical (unpaired) electrons. The average Bonchev–Trinajstić information content (AvgIpc) is 2.37. The number of hydrogen-bond donors (Lipinski definition) is 2. The number of nitrogens with zero attached hydrogens (tertiary/aromatic N) is 1. The van der Waals surface area contributed by atoms with Crippen molar-refractivity contribution >= 4 is 5.91 Å². The summed E-state index contributed by atoms with van der Waals surface area (Å²) < 4.78 is 18.4. The standard InChI is InChI=1S/C12H13FN2O3/c13-10-6-9(7-16)2-3-11(10)18-8-12(17)15-5-1-4-14/h2-3,6,16H,1,5,7-8H2,(H,15,17). The Morgan fingerprint density at radius 3 is 2.94 bits per heavy atom. The van der Waals surface area contributed by atoms with Crippen molar-refractivity contribution in [3.63, 3.8) is 0 Å². The van der Waals surface area contributed by atoms with E-state index < -0.39 is 11.7 Å². The molecular formula is C12H13FN2O3. The Morgan fingerprint density at radius 1 is 1.56 bits per heavy atom. The molecule has 0 aliphatic rings. The topological polar surface area (TPSA) is 82.4 Å². The molecule has 96 valence electrons. The molecule has 0 atom stereocenters. The molecule has 0 aliphatic carbocycles. The molecule has 2 N–H and O–H groups in total. The zero-order chi connectivity index (χ0) is 13.4. The van der Waals surface area contributed by atoms with Crippen molar-refractivity contribution in [3.8, 4) is 11.8 Å². The molecule has 0 saturated heterocycles. The number of carbonyl (C=O) groups is 1. The maximum Gasteiger partial charge on any atom is 0.257 e. The third-order valence-electron chi connectivity index (χ3n) is 2.10. The van der Waals surface area contributed by atoms with Crippen molar-refractivity contribution in [3.05, 3.63) is 29.6 Å². The van der Waals surface area contributed by atoms with Gasteiger partial charge in [-0.2, -0.15) is 5.26 Å². The summed E-state index contributed by atoms with van der Waals surface area (Å²) in [7, 11) is 0. The molecule has 18 heavy (non-hydrogen) atoms. The van der Waals surface area contributed by atoms with Crippen LogP contribution in [0.25, 0.3) is 0 Å². The Balaban J connectivity index is 2.44. The summed E-state index contributed by atoms with van der Waals surface area (Å²) in [5.74, 6) is -1.11. The van der Waals surface area contributed by atoms with Crippen molar-refractivity contribution in [2.24, 2.45) is 0 Å². The molecule has 6 heteroatoms. The summed E-state index contributed by atoms with van der Waals surface area (Å²) in [5, 5.41) is 19.5. The van der Waals surface area contributed by atoms with E-state index in [0.717, 1.165) is 6.07 Å². The van der Waals surface area contributed by atoms with Gasteiger partial charge in [-0.15, -0.1) is 0 Å². The first-order chi connectivity index (χ1) is 8.67. The number of hydrogen-bond acceptors (Lipinski definition) is 4. The van der Waals surface area contributed by atoms with Crippen LogP contribution in [0.3, 0.4) is 0 Å². The highest BCUT2D eigenvalue weighted by Gasteiger charge is 2.07. The molecule has 0 bridgehead atoms. The van der Waals surface area contributed by atoms with Gasteiger partial charge in [0.1, 0.15) is 0 Å². The Hall–Kier alpha value is -2.13. The van der Waals surface area contributed by atoms with Gasteiger partial charge in [-0.1, -0.05) is 6.07 Å². The minimum absolute atomic E-state index is 0.0531. The Labute approximate surface area is 104 Å². The maximum absolute atomic E-state index is 13.4. The largest absolute Gasteiger partial charge is 0.481 e. The first-order valence-corrected chi connectivity index (χ1v) is 5.33. The van der Waals surface area contributed by atoms with Crippen molar-refractivity contribution in [2.75, 3.05) is 13.2 Å². The zero-order valence-electron chi connectivity index (χ0n) is 9.65. The molecule has 0 unspecified atom stereocenters. The van der Waals surface area contributed by atoms with Crippen LogP contribution in [-0.2, 0) is 11.4 Å². The van der Waals surface area contributed by atoms with Gasteiger partial charge < -0.3 is 15.2 Å². The van der Waals surface area contributed by atoms with E-state index in [1.807, 2.05) is 6.07 Å². The van der Waals surface area contributed by atoms with Crippen molar-refractivity contribution in [2.45, 2.75) is 13.0 Å². The quantitative estimate of drug-likeness (QED) is 0.731. The first-order valence-electron chi connectivity index (χ1n) is 5.33. The lowest BCUT2D eigenvalue weighted by Gasteiger charge is -2.08. The minimum atomic E-state index is -0.633.